The van der Waals surface area contributed by atoms with Crippen molar-refractivity contribution in [2.45, 2.75) is 13.3 Å². The highest BCUT2D eigenvalue weighted by Crippen LogP contribution is 2.22. The summed E-state index contributed by atoms with van der Waals surface area (Å²) in [7, 11) is 0. The zero-order valence-electron chi connectivity index (χ0n) is 18.2. The Morgan fingerprint density at radius 3 is 2.42 bits per heavy atom. The van der Waals surface area contributed by atoms with E-state index in [2.05, 4.69) is 37.6 Å². The lowest BCUT2D eigenvalue weighted by Gasteiger charge is -2.12. The van der Waals surface area contributed by atoms with Crippen LogP contribution in [0.5, 0.6) is 0 Å². The molecule has 1 aromatic heterocycles. The molecular formula is C27H24BrN3O2. The fraction of sp³-hybridized carbons (Fsp3) is 0.111. The lowest BCUT2D eigenvalue weighted by atomic mass is 10.1. The predicted molar refractivity (Wildman–Crippen MR) is 136 cm³/mol. The topological polar surface area (TPSA) is 74.0 Å². The molecule has 4 rings (SSSR count). The molecule has 33 heavy (non-hydrogen) atoms. The van der Waals surface area contributed by atoms with Crippen molar-refractivity contribution in [1.29, 1.82) is 0 Å². The van der Waals surface area contributed by atoms with Crippen molar-refractivity contribution in [3.63, 3.8) is 0 Å². The van der Waals surface area contributed by atoms with Gasteiger partial charge in [0, 0.05) is 27.6 Å². The number of hydrogen-bond acceptors (Lipinski definition) is 2. The SMILES string of the molecule is Cc1[nH]c2ccccc2c1CCNC(=O)/C(=C/c1ccccc1)NC(=O)c1ccccc1Br. The molecule has 3 N–H and O–H groups in total. The van der Waals surface area contributed by atoms with E-state index in [1.165, 1.54) is 5.56 Å². The van der Waals surface area contributed by atoms with Crippen LogP contribution in [-0.2, 0) is 11.2 Å². The summed E-state index contributed by atoms with van der Waals surface area (Å²) in [4.78, 5) is 29.3. The molecule has 0 spiro atoms. The zero-order chi connectivity index (χ0) is 23.2. The first-order valence-corrected chi connectivity index (χ1v) is 11.5. The van der Waals surface area contributed by atoms with Crippen molar-refractivity contribution in [3.8, 4) is 0 Å². The number of carbonyl (C=O) groups excluding carboxylic acids is 2. The molecule has 6 heteroatoms. The maximum atomic E-state index is 13.1. The third-order valence-electron chi connectivity index (χ3n) is 5.41. The second kappa shape index (κ2) is 10.3. The Morgan fingerprint density at radius 2 is 1.64 bits per heavy atom. The summed E-state index contributed by atoms with van der Waals surface area (Å²) in [5.74, 6) is -0.691. The molecule has 0 unspecified atom stereocenters. The standard InChI is InChI=1S/C27H24BrN3O2/c1-18-20(21-11-6-8-14-24(21)30-18)15-16-29-27(33)25(17-19-9-3-2-4-10-19)31-26(32)22-12-5-7-13-23(22)28/h2-14,17,30H,15-16H2,1H3,(H,29,33)(H,31,32)/b25-17-. The molecule has 2 amide bonds. The van der Waals surface area contributed by atoms with Crippen LogP contribution in [0.4, 0.5) is 0 Å². The minimum Gasteiger partial charge on any atom is -0.358 e. The van der Waals surface area contributed by atoms with Crippen LogP contribution in [0, 0.1) is 6.92 Å². The summed E-state index contributed by atoms with van der Waals surface area (Å²) >= 11 is 3.40. The van der Waals surface area contributed by atoms with Gasteiger partial charge in [-0.25, -0.2) is 0 Å². The van der Waals surface area contributed by atoms with Crippen molar-refractivity contribution in [2.75, 3.05) is 6.54 Å². The van der Waals surface area contributed by atoms with Crippen molar-refractivity contribution < 1.29 is 9.59 Å². The van der Waals surface area contributed by atoms with Crippen LogP contribution in [0.1, 0.15) is 27.2 Å². The average molecular weight is 502 g/mol. The first-order valence-electron chi connectivity index (χ1n) is 10.7. The number of nitrogens with one attached hydrogen (secondary N) is 3. The minimum absolute atomic E-state index is 0.192. The van der Waals surface area contributed by atoms with E-state index in [-0.39, 0.29) is 17.5 Å². The first kappa shape index (κ1) is 22.6. The normalized spacial score (nSPS) is 11.4. The second-order valence-electron chi connectivity index (χ2n) is 7.68. The molecule has 0 saturated carbocycles. The monoisotopic (exact) mass is 501 g/mol. The van der Waals surface area contributed by atoms with Crippen molar-refractivity contribution in [2.24, 2.45) is 0 Å². The van der Waals surface area contributed by atoms with Crippen LogP contribution < -0.4 is 10.6 Å². The molecule has 4 aromatic rings. The van der Waals surface area contributed by atoms with E-state index in [1.807, 2.05) is 61.5 Å². The van der Waals surface area contributed by atoms with Crippen molar-refractivity contribution >= 4 is 44.7 Å². The van der Waals surface area contributed by atoms with Gasteiger partial charge in [0.2, 0.25) is 0 Å². The van der Waals surface area contributed by atoms with Gasteiger partial charge in [0.05, 0.1) is 5.56 Å². The molecule has 0 aliphatic carbocycles. The summed E-state index contributed by atoms with van der Waals surface area (Å²) in [6.45, 7) is 2.48. The highest BCUT2D eigenvalue weighted by molar-refractivity contribution is 9.10. The number of aromatic nitrogens is 1. The van der Waals surface area contributed by atoms with Gasteiger partial charge in [-0.05, 0) is 64.7 Å². The molecule has 0 atom stereocenters. The fourth-order valence-corrected chi connectivity index (χ4v) is 4.23. The molecule has 0 saturated heterocycles. The maximum Gasteiger partial charge on any atom is 0.267 e. The Labute approximate surface area is 201 Å². The fourth-order valence-electron chi connectivity index (χ4n) is 3.76. The number of fused-ring (bicyclic) bond motifs is 1. The maximum absolute atomic E-state index is 13.1. The molecule has 3 aromatic carbocycles. The molecular weight excluding hydrogens is 478 g/mol. The quantitative estimate of drug-likeness (QED) is 0.298. The van der Waals surface area contributed by atoms with Gasteiger partial charge in [-0.15, -0.1) is 0 Å². The summed E-state index contributed by atoms with van der Waals surface area (Å²) in [5.41, 5.74) is 4.82. The molecule has 166 valence electrons. The summed E-state index contributed by atoms with van der Waals surface area (Å²) in [6, 6.07) is 24.7. The first-order chi connectivity index (χ1) is 16.0. The zero-order valence-corrected chi connectivity index (χ0v) is 19.8. The Balaban J connectivity index is 1.51. The van der Waals surface area contributed by atoms with Gasteiger partial charge >= 0.3 is 0 Å². The smallest absolute Gasteiger partial charge is 0.267 e. The minimum atomic E-state index is -0.354. The van der Waals surface area contributed by atoms with E-state index in [9.17, 15) is 9.59 Å². The summed E-state index contributed by atoms with van der Waals surface area (Å²) < 4.78 is 0.664. The molecule has 0 radical (unpaired) electrons. The largest absolute Gasteiger partial charge is 0.358 e. The van der Waals surface area contributed by atoms with Crippen LogP contribution in [0.15, 0.2) is 89.0 Å². The third kappa shape index (κ3) is 5.41. The van der Waals surface area contributed by atoms with Crippen molar-refractivity contribution in [1.82, 2.24) is 15.6 Å². The molecule has 0 aliphatic heterocycles. The Morgan fingerprint density at radius 1 is 0.939 bits per heavy atom. The van der Waals surface area contributed by atoms with Crippen LogP contribution in [0.25, 0.3) is 17.0 Å². The number of hydrogen-bond donors (Lipinski definition) is 3. The van der Waals surface area contributed by atoms with Crippen LogP contribution in [0.2, 0.25) is 0 Å². The lowest BCUT2D eigenvalue weighted by molar-refractivity contribution is -0.117. The van der Waals surface area contributed by atoms with E-state index in [0.717, 1.165) is 22.2 Å². The van der Waals surface area contributed by atoms with E-state index in [0.29, 0.717) is 23.0 Å². The van der Waals surface area contributed by atoms with Gasteiger partial charge < -0.3 is 15.6 Å². The number of H-pyrrole nitrogens is 1. The van der Waals surface area contributed by atoms with Gasteiger partial charge in [-0.1, -0.05) is 60.7 Å². The number of halogens is 1. The molecule has 0 fully saturated rings. The van der Waals surface area contributed by atoms with Crippen LogP contribution in [0.3, 0.4) is 0 Å². The number of aryl methyl sites for hydroxylation is 1. The number of amides is 2. The molecule has 1 heterocycles. The van der Waals surface area contributed by atoms with Crippen molar-refractivity contribution in [3.05, 3.63) is 111 Å². The summed E-state index contributed by atoms with van der Waals surface area (Å²) in [6.07, 6.45) is 2.36. The molecule has 5 nitrogen and oxygen atoms in total. The highest BCUT2D eigenvalue weighted by atomic mass is 79.9. The van der Waals surface area contributed by atoms with Crippen LogP contribution >= 0.6 is 15.9 Å². The Bertz CT molecular complexity index is 1330. The van der Waals surface area contributed by atoms with E-state index in [1.54, 1.807) is 24.3 Å². The van der Waals surface area contributed by atoms with E-state index < -0.39 is 0 Å². The third-order valence-corrected chi connectivity index (χ3v) is 6.10. The Kier molecular flexibility index (Phi) is 7.05. The van der Waals surface area contributed by atoms with Gasteiger partial charge in [0.1, 0.15) is 5.70 Å². The number of para-hydroxylation sites is 1. The lowest BCUT2D eigenvalue weighted by Crippen LogP contribution is -2.36. The average Bonchev–Trinajstić information content (AvgIpc) is 3.14. The van der Waals surface area contributed by atoms with Gasteiger partial charge in [0.15, 0.2) is 0 Å². The molecule has 0 aliphatic rings. The number of aromatic amines is 1. The summed E-state index contributed by atoms with van der Waals surface area (Å²) in [5, 5.41) is 6.90. The van der Waals surface area contributed by atoms with E-state index in [4.69, 9.17) is 0 Å². The number of benzene rings is 3. The second-order valence-corrected chi connectivity index (χ2v) is 8.54. The van der Waals surface area contributed by atoms with Crippen LogP contribution in [-0.4, -0.2) is 23.3 Å². The van der Waals surface area contributed by atoms with Gasteiger partial charge in [-0.2, -0.15) is 0 Å². The number of rotatable bonds is 7. The highest BCUT2D eigenvalue weighted by Gasteiger charge is 2.16. The van der Waals surface area contributed by atoms with E-state index >= 15 is 0 Å². The predicted octanol–water partition coefficient (Wildman–Crippen LogP) is 5.37. The van der Waals surface area contributed by atoms with Gasteiger partial charge in [0.25, 0.3) is 11.8 Å². The number of carbonyl (C=O) groups is 2. The Hall–Kier alpha value is -3.64. The molecule has 0 bridgehead atoms. The van der Waals surface area contributed by atoms with Gasteiger partial charge in [-0.3, -0.25) is 9.59 Å².